The number of Topliss-reactive ketones (excluding diaryl/α,β-unsaturated/α-hetero) is 1. The van der Waals surface area contributed by atoms with E-state index in [0.29, 0.717) is 11.1 Å². The molecule has 0 radical (unpaired) electrons. The van der Waals surface area contributed by atoms with Gasteiger partial charge in [0, 0.05) is 5.39 Å². The normalized spacial score (nSPS) is 11.0. The maximum atomic E-state index is 13.0. The molecule has 0 aliphatic heterocycles. The van der Waals surface area contributed by atoms with E-state index in [1.165, 1.54) is 6.92 Å². The van der Waals surface area contributed by atoms with Crippen molar-refractivity contribution in [3.8, 4) is 5.75 Å². The van der Waals surface area contributed by atoms with Crippen LogP contribution >= 0.6 is 0 Å². The van der Waals surface area contributed by atoms with Gasteiger partial charge in [0.05, 0.1) is 12.1 Å². The van der Waals surface area contributed by atoms with Gasteiger partial charge in [-0.2, -0.15) is 0 Å². The molecule has 2 N–H and O–H groups in total. The Morgan fingerprint density at radius 1 is 1.17 bits per heavy atom. The first-order chi connectivity index (χ1) is 14.5. The fraction of sp³-hybridized carbons (Fsp3) is 0.143. The molecule has 0 unspecified atom stereocenters. The Bertz CT molecular complexity index is 1300. The highest BCUT2D eigenvalue weighted by Crippen LogP contribution is 2.26. The summed E-state index contributed by atoms with van der Waals surface area (Å²) in [5, 5.41) is 13.1. The van der Waals surface area contributed by atoms with Crippen molar-refractivity contribution in [2.75, 3.05) is 6.54 Å². The van der Waals surface area contributed by atoms with E-state index < -0.39 is 22.8 Å². The standard InChI is InChI=1S/C21H17N3O6/c1-12(25)10-22-20(27)18-19(26)13-6-2-4-8-15(13)24(21(18)28)29-11-17-23-14-7-3-5-9-16(14)30-17/h2-9,26H,10-11H2,1H3,(H,22,27). The minimum Gasteiger partial charge on any atom is -0.506 e. The zero-order valence-corrected chi connectivity index (χ0v) is 15.9. The van der Waals surface area contributed by atoms with E-state index in [9.17, 15) is 19.5 Å². The van der Waals surface area contributed by atoms with Crippen molar-refractivity contribution in [2.45, 2.75) is 13.5 Å². The molecule has 0 spiro atoms. The lowest BCUT2D eigenvalue weighted by Gasteiger charge is -2.14. The number of nitrogens with one attached hydrogen (secondary N) is 1. The van der Waals surface area contributed by atoms with Gasteiger partial charge in [-0.15, -0.1) is 4.73 Å². The Kier molecular flexibility index (Phi) is 4.93. The first kappa shape index (κ1) is 19.2. The van der Waals surface area contributed by atoms with Gasteiger partial charge < -0.3 is 19.7 Å². The third-order valence-electron chi connectivity index (χ3n) is 4.39. The van der Waals surface area contributed by atoms with E-state index >= 15 is 0 Å². The fourth-order valence-electron chi connectivity index (χ4n) is 3.03. The van der Waals surface area contributed by atoms with Gasteiger partial charge in [0.1, 0.15) is 22.6 Å². The maximum Gasteiger partial charge on any atom is 0.300 e. The third-order valence-corrected chi connectivity index (χ3v) is 4.39. The smallest absolute Gasteiger partial charge is 0.300 e. The summed E-state index contributed by atoms with van der Waals surface area (Å²) < 4.78 is 6.50. The van der Waals surface area contributed by atoms with Crippen LogP contribution in [0.5, 0.6) is 5.75 Å². The lowest BCUT2D eigenvalue weighted by molar-refractivity contribution is -0.116. The van der Waals surface area contributed by atoms with Crippen molar-refractivity contribution in [3.05, 3.63) is 70.3 Å². The fourth-order valence-corrected chi connectivity index (χ4v) is 3.03. The van der Waals surface area contributed by atoms with E-state index in [1.54, 1.807) is 36.4 Å². The average molecular weight is 407 g/mol. The van der Waals surface area contributed by atoms with Crippen LogP contribution in [0.15, 0.2) is 57.7 Å². The number of benzene rings is 2. The predicted octanol–water partition coefficient (Wildman–Crippen LogP) is 1.80. The molecule has 4 aromatic rings. The molecule has 9 heteroatoms. The Hall–Kier alpha value is -4.14. The van der Waals surface area contributed by atoms with Gasteiger partial charge >= 0.3 is 0 Å². The number of pyridine rings is 1. The molecule has 0 saturated heterocycles. The largest absolute Gasteiger partial charge is 0.506 e. The maximum absolute atomic E-state index is 13.0. The van der Waals surface area contributed by atoms with Crippen LogP contribution in [0.1, 0.15) is 23.2 Å². The Morgan fingerprint density at radius 2 is 1.90 bits per heavy atom. The summed E-state index contributed by atoms with van der Waals surface area (Å²) in [5.41, 5.74) is 0.0849. The zero-order chi connectivity index (χ0) is 21.3. The molecule has 0 fully saturated rings. The van der Waals surface area contributed by atoms with Gasteiger partial charge in [0.25, 0.3) is 11.5 Å². The molecule has 1 amide bonds. The van der Waals surface area contributed by atoms with Crippen LogP contribution in [-0.4, -0.2) is 33.1 Å². The van der Waals surface area contributed by atoms with Crippen molar-refractivity contribution in [3.63, 3.8) is 0 Å². The second-order valence-electron chi connectivity index (χ2n) is 6.57. The second-order valence-corrected chi connectivity index (χ2v) is 6.57. The summed E-state index contributed by atoms with van der Waals surface area (Å²) in [6.07, 6.45) is 0. The first-order valence-electron chi connectivity index (χ1n) is 9.08. The van der Waals surface area contributed by atoms with Gasteiger partial charge in [-0.3, -0.25) is 14.4 Å². The molecule has 0 aliphatic carbocycles. The van der Waals surface area contributed by atoms with Gasteiger partial charge in [-0.05, 0) is 31.2 Å². The monoisotopic (exact) mass is 407 g/mol. The van der Waals surface area contributed by atoms with Gasteiger partial charge in [-0.25, -0.2) is 4.98 Å². The summed E-state index contributed by atoms with van der Waals surface area (Å²) in [5.74, 6) is -1.42. The van der Waals surface area contributed by atoms with Gasteiger partial charge in [0.15, 0.2) is 12.2 Å². The van der Waals surface area contributed by atoms with Crippen LogP contribution in [-0.2, 0) is 11.4 Å². The number of oxazole rings is 1. The summed E-state index contributed by atoms with van der Waals surface area (Å²) >= 11 is 0. The molecule has 4 rings (SSSR count). The van der Waals surface area contributed by atoms with E-state index in [0.717, 1.165) is 4.73 Å². The van der Waals surface area contributed by atoms with Gasteiger partial charge in [-0.1, -0.05) is 24.3 Å². The number of ketones is 1. The molecule has 2 aromatic heterocycles. The van der Waals surface area contributed by atoms with Crippen molar-refractivity contribution < 1.29 is 24.0 Å². The van der Waals surface area contributed by atoms with Crippen LogP contribution in [0.2, 0.25) is 0 Å². The molecule has 2 heterocycles. The lowest BCUT2D eigenvalue weighted by Crippen LogP contribution is -2.37. The van der Waals surface area contributed by atoms with E-state index in [4.69, 9.17) is 9.25 Å². The summed E-state index contributed by atoms with van der Waals surface area (Å²) in [4.78, 5) is 46.5. The SMILES string of the molecule is CC(=O)CNC(=O)c1c(O)c2ccccc2n(OCc2nc3ccccc3o2)c1=O. The summed E-state index contributed by atoms with van der Waals surface area (Å²) in [6, 6.07) is 13.6. The van der Waals surface area contributed by atoms with Crippen LogP contribution in [0.4, 0.5) is 0 Å². The van der Waals surface area contributed by atoms with E-state index in [2.05, 4.69) is 10.3 Å². The number of hydrogen-bond donors (Lipinski definition) is 2. The highest BCUT2D eigenvalue weighted by molar-refractivity contribution is 6.03. The second kappa shape index (κ2) is 7.70. The van der Waals surface area contributed by atoms with E-state index in [-0.39, 0.29) is 35.7 Å². The number of amides is 1. The molecular formula is C21H17N3O6. The highest BCUT2D eigenvalue weighted by atomic mass is 16.7. The van der Waals surface area contributed by atoms with Crippen molar-refractivity contribution in [1.82, 2.24) is 15.0 Å². The molecule has 0 bridgehead atoms. The predicted molar refractivity (Wildman–Crippen MR) is 107 cm³/mol. The Labute approximate surface area is 169 Å². The molecule has 152 valence electrons. The molecule has 9 nitrogen and oxygen atoms in total. The van der Waals surface area contributed by atoms with Crippen LogP contribution in [0, 0.1) is 0 Å². The number of para-hydroxylation sites is 3. The quantitative estimate of drug-likeness (QED) is 0.499. The summed E-state index contributed by atoms with van der Waals surface area (Å²) in [6.45, 7) is 0.842. The number of carbonyl (C=O) groups excluding carboxylic acids is 2. The number of rotatable bonds is 6. The number of fused-ring (bicyclic) bond motifs is 2. The number of aromatic nitrogens is 2. The molecule has 0 atom stereocenters. The minimum atomic E-state index is -0.877. The van der Waals surface area contributed by atoms with Crippen molar-refractivity contribution in [2.24, 2.45) is 0 Å². The molecule has 2 aromatic carbocycles. The average Bonchev–Trinajstić information content (AvgIpc) is 3.15. The Balaban J connectivity index is 1.75. The number of aromatic hydroxyl groups is 1. The van der Waals surface area contributed by atoms with Crippen LogP contribution in [0.3, 0.4) is 0 Å². The van der Waals surface area contributed by atoms with Crippen LogP contribution < -0.4 is 15.7 Å². The lowest BCUT2D eigenvalue weighted by atomic mass is 10.1. The van der Waals surface area contributed by atoms with Crippen LogP contribution in [0.25, 0.3) is 22.0 Å². The third kappa shape index (κ3) is 3.48. The molecular weight excluding hydrogens is 390 g/mol. The first-order valence-corrected chi connectivity index (χ1v) is 9.08. The molecule has 30 heavy (non-hydrogen) atoms. The molecule has 0 aliphatic rings. The molecule has 0 saturated carbocycles. The number of hydrogen-bond acceptors (Lipinski definition) is 7. The highest BCUT2D eigenvalue weighted by Gasteiger charge is 2.23. The van der Waals surface area contributed by atoms with E-state index in [1.807, 2.05) is 12.1 Å². The minimum absolute atomic E-state index is 0.183. The Morgan fingerprint density at radius 3 is 2.67 bits per heavy atom. The zero-order valence-electron chi connectivity index (χ0n) is 15.9. The summed E-state index contributed by atoms with van der Waals surface area (Å²) in [7, 11) is 0. The van der Waals surface area contributed by atoms with Crippen molar-refractivity contribution >= 4 is 33.7 Å². The topological polar surface area (TPSA) is 124 Å². The number of carbonyl (C=O) groups is 2. The number of nitrogens with zero attached hydrogens (tertiary/aromatic N) is 2. The van der Waals surface area contributed by atoms with Gasteiger partial charge in [0.2, 0.25) is 5.89 Å². The van der Waals surface area contributed by atoms with Crippen molar-refractivity contribution in [1.29, 1.82) is 0 Å².